The molecule has 0 radical (unpaired) electrons. The first-order valence-corrected chi connectivity index (χ1v) is 27.9. The van der Waals surface area contributed by atoms with Crippen molar-refractivity contribution in [1.29, 1.82) is 0 Å². The molecule has 0 aliphatic rings. The molecule has 6 atom stereocenters. The van der Waals surface area contributed by atoms with E-state index in [4.69, 9.17) is 34.4 Å². The minimum Gasteiger partial charge on any atom is -0.386 e. The molecule has 0 fully saturated rings. The Kier molecular flexibility index (Phi) is 51.5. The average Bonchev–Trinajstić information content (AvgIpc) is 0.954. The van der Waals surface area contributed by atoms with Gasteiger partial charge in [-0.25, -0.2) is 9.97 Å². The lowest BCUT2D eigenvalue weighted by molar-refractivity contribution is -0.907. The zero-order valence-corrected chi connectivity index (χ0v) is 59.7. The van der Waals surface area contributed by atoms with E-state index >= 15 is 0 Å². The van der Waals surface area contributed by atoms with Crippen molar-refractivity contribution in [3.05, 3.63) is 155 Å². The topological polar surface area (TPSA) is 317 Å². The van der Waals surface area contributed by atoms with Gasteiger partial charge in [0.15, 0.2) is 24.0 Å². The molecule has 536 valence electrons. The number of hydrogen-bond donors (Lipinski definition) is 10. The van der Waals surface area contributed by atoms with Crippen molar-refractivity contribution in [2.45, 2.75) is 87.3 Å². The van der Waals surface area contributed by atoms with Crippen molar-refractivity contribution < 1.29 is 74.7 Å². The van der Waals surface area contributed by atoms with Crippen LogP contribution in [0, 0.1) is 0 Å². The molecule has 0 saturated carbocycles. The standard InChI is InChI=1S/2C30H39F3N6O3.10ClH/c2*1-39(15-12-34,16-13-35)14-4-6-24(36)29(42)38-27(28(41)21-8-10-23(11-9-21)30(31,32)33)26(40)18-20-17-22-5-2-3-7-25(22)37-19-20;;;;;;;;;;/h2*2-3,5,7-11,17,19,24,27-28,41H,4,6,12-16,18,34-36H2,1H3;10*1H/p+4/t24-,27+,28+;24-,27-,28-;;;;;;;;;;/m00........../s1. The van der Waals surface area contributed by atoms with Crippen LogP contribution in [0.25, 0.3) is 21.8 Å². The first-order chi connectivity index (χ1) is 39.7. The van der Waals surface area contributed by atoms with Gasteiger partial charge in [-0.15, -0.1) is 124 Å². The van der Waals surface area contributed by atoms with Gasteiger partial charge in [0.25, 0.3) is 0 Å². The maximum atomic E-state index is 13.5. The summed E-state index contributed by atoms with van der Waals surface area (Å²) in [5, 5.41) is 29.1. The third kappa shape index (κ3) is 31.3. The van der Waals surface area contributed by atoms with Crippen LogP contribution in [0.3, 0.4) is 0 Å². The molecule has 0 aliphatic carbocycles. The number of aromatic nitrogens is 2. The number of nitrogens with two attached hydrogens (primary N) is 6. The van der Waals surface area contributed by atoms with E-state index < -0.39 is 83.2 Å². The molecule has 0 aliphatic heterocycles. The van der Waals surface area contributed by atoms with Crippen LogP contribution in [0.1, 0.15) is 71.3 Å². The minimum atomic E-state index is -4.56. The number of quaternary nitrogens is 2. The number of pyridine rings is 2. The Bertz CT molecular complexity index is 2910. The summed E-state index contributed by atoms with van der Waals surface area (Å²) in [5.41, 5.74) is 36.6. The van der Waals surface area contributed by atoms with Crippen molar-refractivity contribution in [1.82, 2.24) is 10.6 Å². The average molecular weight is 1550 g/mol. The molecule has 6 aromatic rings. The van der Waals surface area contributed by atoms with Gasteiger partial charge in [-0.3, -0.25) is 19.2 Å². The second-order valence-electron chi connectivity index (χ2n) is 21.8. The molecule has 94 heavy (non-hydrogen) atoms. The number of hydrogen-bond acceptors (Lipinski definition) is 12. The van der Waals surface area contributed by atoms with Crippen molar-refractivity contribution >= 4 is 169 Å². The van der Waals surface area contributed by atoms with Crippen LogP contribution in [-0.4, -0.2) is 146 Å². The summed E-state index contributed by atoms with van der Waals surface area (Å²) in [6, 6.07) is 21.4. The normalized spacial score (nSPS) is 12.9. The van der Waals surface area contributed by atoms with Crippen LogP contribution >= 0.6 is 124 Å². The number of carbonyl (C=O) groups is 4. The number of fused-ring (bicyclic) bond motifs is 2. The number of ketones is 2. The largest absolute Gasteiger partial charge is 0.416 e. The highest BCUT2D eigenvalue weighted by molar-refractivity contribution is 5.94. The van der Waals surface area contributed by atoms with Crippen molar-refractivity contribution in [3.8, 4) is 0 Å². The highest BCUT2D eigenvalue weighted by Gasteiger charge is 2.36. The van der Waals surface area contributed by atoms with Gasteiger partial charge < -0.3 is 64.2 Å². The summed E-state index contributed by atoms with van der Waals surface area (Å²) in [4.78, 5) is 59.5. The van der Waals surface area contributed by atoms with Gasteiger partial charge in [-0.1, -0.05) is 48.5 Å². The number of aliphatic hydroxyl groups is 2. The number of rotatable bonds is 30. The number of likely N-dealkylation sites (N-methyl/N-ethyl adjacent to an activating group) is 2. The number of alkyl halides is 6. The fraction of sp³-hybridized carbons (Fsp3) is 0.433. The molecule has 2 aromatic heterocycles. The summed E-state index contributed by atoms with van der Waals surface area (Å²) in [6.45, 7) is 6.25. The molecule has 34 heteroatoms. The Labute approximate surface area is 606 Å². The maximum absolute atomic E-state index is 13.5. The number of halogens is 16. The molecule has 18 N–H and O–H groups in total. The Morgan fingerprint density at radius 3 is 1.03 bits per heavy atom. The maximum Gasteiger partial charge on any atom is 0.416 e. The summed E-state index contributed by atoms with van der Waals surface area (Å²) in [5.74, 6) is -2.34. The van der Waals surface area contributed by atoms with E-state index in [0.29, 0.717) is 85.0 Å². The summed E-state index contributed by atoms with van der Waals surface area (Å²) in [6.07, 6.45) is -7.48. The fourth-order valence-electron chi connectivity index (χ4n) is 10.0. The van der Waals surface area contributed by atoms with Crippen LogP contribution in [0.2, 0.25) is 0 Å². The first kappa shape index (κ1) is 101. The van der Waals surface area contributed by atoms with Gasteiger partial charge in [0.05, 0.1) is 76.6 Å². The molecule has 0 bridgehead atoms. The van der Waals surface area contributed by atoms with E-state index in [1.54, 1.807) is 12.4 Å². The number of H-pyrrole nitrogens is 2. The van der Waals surface area contributed by atoms with Gasteiger partial charge in [0.2, 0.25) is 22.8 Å². The van der Waals surface area contributed by atoms with E-state index in [1.807, 2.05) is 74.8 Å². The number of nitrogens with one attached hydrogen (secondary N) is 4. The van der Waals surface area contributed by atoms with Gasteiger partial charge in [0.1, 0.15) is 24.3 Å². The lowest BCUT2D eigenvalue weighted by Gasteiger charge is -2.34. The molecule has 0 spiro atoms. The SMILES string of the molecule is C[N+](CCN)(CCN)CCC[C@H](N)C(=O)N[C@@H](C(=O)Cc1c[nH+]c2ccccc2c1)[C@@H](O)c1ccc(C(F)(F)F)cc1.C[N+](CCN)(CCN)CCC[C@H](N)C(=O)N[C@H](C(=O)Cc1c[nH+]c2ccccc2c1)[C@H](O)c1ccc(C(F)(F)F)cc1.Cl.Cl.Cl.Cl.Cl.Cl.Cl.Cl.Cl.Cl. The van der Waals surface area contributed by atoms with Crippen LogP contribution < -0.4 is 55.0 Å². The molecular weight excluding hydrogens is 1450 g/mol. The minimum absolute atomic E-state index is 0. The van der Waals surface area contributed by atoms with Crippen molar-refractivity contribution in [2.24, 2.45) is 34.4 Å². The lowest BCUT2D eigenvalue weighted by atomic mass is 9.94. The zero-order chi connectivity index (χ0) is 61.8. The third-order valence-electron chi connectivity index (χ3n) is 15.0. The van der Waals surface area contributed by atoms with Crippen molar-refractivity contribution in [2.75, 3.05) is 79.5 Å². The molecule has 2 heterocycles. The third-order valence-corrected chi connectivity index (χ3v) is 15.0. The Morgan fingerprint density at radius 2 is 0.755 bits per heavy atom. The highest BCUT2D eigenvalue weighted by atomic mass is 35.5. The quantitative estimate of drug-likeness (QED) is 0.0159. The van der Waals surface area contributed by atoms with E-state index in [2.05, 4.69) is 20.6 Å². The van der Waals surface area contributed by atoms with Gasteiger partial charge in [-0.2, -0.15) is 26.3 Å². The zero-order valence-electron chi connectivity index (χ0n) is 51.6. The van der Waals surface area contributed by atoms with Gasteiger partial charge in [0, 0.05) is 73.1 Å². The molecule has 2 amide bonds. The van der Waals surface area contributed by atoms with Gasteiger partial charge in [-0.05, 0) is 85.3 Å². The van der Waals surface area contributed by atoms with E-state index in [-0.39, 0.29) is 148 Å². The molecule has 0 saturated heterocycles. The van der Waals surface area contributed by atoms with E-state index in [9.17, 15) is 55.7 Å². The van der Waals surface area contributed by atoms with Crippen molar-refractivity contribution in [3.63, 3.8) is 0 Å². The molecule has 6 rings (SSSR count). The smallest absolute Gasteiger partial charge is 0.386 e. The highest BCUT2D eigenvalue weighted by Crippen LogP contribution is 2.32. The predicted molar refractivity (Wildman–Crippen MR) is 380 cm³/mol. The number of Topliss-reactive ketones (excluding diaryl/α,β-unsaturated/α-hetero) is 2. The second kappa shape index (κ2) is 47.9. The molecule has 18 nitrogen and oxygen atoms in total. The number of benzene rings is 4. The summed E-state index contributed by atoms with van der Waals surface area (Å²) < 4.78 is 79.7. The van der Waals surface area contributed by atoms with Gasteiger partial charge >= 0.3 is 12.4 Å². The van der Waals surface area contributed by atoms with Crippen LogP contribution in [0.5, 0.6) is 0 Å². The van der Waals surface area contributed by atoms with Crippen LogP contribution in [0.15, 0.2) is 122 Å². The Morgan fingerprint density at radius 1 is 0.468 bits per heavy atom. The summed E-state index contributed by atoms with van der Waals surface area (Å²) >= 11 is 0. The van der Waals surface area contributed by atoms with Crippen LogP contribution in [0.4, 0.5) is 26.3 Å². The Hall–Kier alpha value is -3.94. The molecular formula is C60H92Cl10F6N12O6+4. The Balaban J connectivity index is -0.000000372. The molecule has 4 aromatic carbocycles. The second-order valence-corrected chi connectivity index (χ2v) is 21.8. The predicted octanol–water partition coefficient (Wildman–Crippen LogP) is 7.17. The number of para-hydroxylation sites is 2. The first-order valence-electron chi connectivity index (χ1n) is 27.9. The number of aromatic amines is 2. The monoisotopic (exact) mass is 1540 g/mol. The number of carbonyl (C=O) groups excluding carboxylic acids is 4. The van der Waals surface area contributed by atoms with E-state index in [0.717, 1.165) is 96.5 Å². The van der Waals surface area contributed by atoms with E-state index in [1.165, 1.54) is 0 Å². The van der Waals surface area contributed by atoms with Crippen LogP contribution in [-0.2, 0) is 44.4 Å². The fourth-order valence-corrected chi connectivity index (χ4v) is 10.0. The number of aliphatic hydroxyl groups excluding tert-OH is 2. The summed E-state index contributed by atoms with van der Waals surface area (Å²) in [7, 11) is 4.06. The molecule has 0 unspecified atom stereocenters. The number of nitrogens with zero attached hydrogens (tertiary/aromatic N) is 2. The lowest BCUT2D eigenvalue weighted by Crippen LogP contribution is -2.52. The number of amides is 2.